The number of hydrogen-bond acceptors (Lipinski definition) is 5. The first-order valence-corrected chi connectivity index (χ1v) is 8.50. The third kappa shape index (κ3) is 7.22. The number of hydrogen-bond donors (Lipinski definition) is 2. The first kappa shape index (κ1) is 18.9. The molecule has 1 atom stereocenters. The Morgan fingerprint density at radius 1 is 1.32 bits per heavy atom. The number of thiazole rings is 1. The number of alkyl carbamates (subject to hydrolysis) is 1. The average molecular weight is 327 g/mol. The number of rotatable bonds is 5. The number of nitrogens with zero attached hydrogens (tertiary/aromatic N) is 1. The van der Waals surface area contributed by atoms with Crippen molar-refractivity contribution in [3.05, 3.63) is 16.1 Å². The minimum Gasteiger partial charge on any atom is -0.444 e. The minimum absolute atomic E-state index is 0.0901. The predicted molar refractivity (Wildman–Crippen MR) is 91.4 cm³/mol. The highest BCUT2D eigenvalue weighted by atomic mass is 32.1. The lowest BCUT2D eigenvalue weighted by Gasteiger charge is -2.21. The molecule has 0 aromatic carbocycles. The summed E-state index contributed by atoms with van der Waals surface area (Å²) in [4.78, 5) is 16.2. The zero-order valence-corrected chi connectivity index (χ0v) is 15.6. The molecule has 6 heteroatoms. The van der Waals surface area contributed by atoms with E-state index in [4.69, 9.17) is 4.74 Å². The van der Waals surface area contributed by atoms with E-state index in [-0.39, 0.29) is 17.6 Å². The molecule has 2 N–H and O–H groups in total. The molecule has 0 saturated heterocycles. The summed E-state index contributed by atoms with van der Waals surface area (Å²) in [6.45, 7) is 15.3. The van der Waals surface area contributed by atoms with Crippen LogP contribution in [0.4, 0.5) is 4.79 Å². The van der Waals surface area contributed by atoms with Crippen molar-refractivity contribution in [2.45, 2.75) is 72.1 Å². The molecule has 0 spiro atoms. The van der Waals surface area contributed by atoms with Crippen LogP contribution in [0.15, 0.2) is 5.38 Å². The Morgan fingerprint density at radius 3 is 2.45 bits per heavy atom. The number of carbonyl (C=O) groups excluding carboxylic acids is 1. The molecule has 22 heavy (non-hydrogen) atoms. The highest BCUT2D eigenvalue weighted by molar-refractivity contribution is 7.09. The fourth-order valence-corrected chi connectivity index (χ4v) is 2.54. The van der Waals surface area contributed by atoms with E-state index < -0.39 is 5.60 Å². The smallest absolute Gasteiger partial charge is 0.407 e. The molecule has 1 aromatic heterocycles. The lowest BCUT2D eigenvalue weighted by Crippen LogP contribution is -2.41. The van der Waals surface area contributed by atoms with Crippen LogP contribution in [-0.4, -0.2) is 29.3 Å². The normalized spacial score (nSPS) is 13.8. The molecule has 1 unspecified atom stereocenters. The van der Waals surface area contributed by atoms with Crippen LogP contribution in [0.5, 0.6) is 0 Å². The Hall–Kier alpha value is -1.14. The van der Waals surface area contributed by atoms with Crippen LogP contribution in [-0.2, 0) is 16.7 Å². The van der Waals surface area contributed by atoms with Crippen molar-refractivity contribution >= 4 is 17.4 Å². The zero-order chi connectivity index (χ0) is 17.0. The second kappa shape index (κ2) is 7.42. The van der Waals surface area contributed by atoms with Crippen molar-refractivity contribution in [2.75, 3.05) is 6.54 Å². The quantitative estimate of drug-likeness (QED) is 0.869. The van der Waals surface area contributed by atoms with Gasteiger partial charge >= 0.3 is 6.09 Å². The second-order valence-corrected chi connectivity index (χ2v) is 8.42. The van der Waals surface area contributed by atoms with Crippen LogP contribution >= 0.6 is 11.3 Å². The summed E-state index contributed by atoms with van der Waals surface area (Å²) < 4.78 is 5.20. The minimum atomic E-state index is -0.468. The van der Waals surface area contributed by atoms with Gasteiger partial charge < -0.3 is 15.4 Å². The lowest BCUT2D eigenvalue weighted by atomic mass is 9.98. The summed E-state index contributed by atoms with van der Waals surface area (Å²) in [7, 11) is 0. The molecule has 1 amide bonds. The molecule has 0 bridgehead atoms. The van der Waals surface area contributed by atoms with Gasteiger partial charge in [0.15, 0.2) is 0 Å². The van der Waals surface area contributed by atoms with Crippen molar-refractivity contribution < 1.29 is 9.53 Å². The molecular weight excluding hydrogens is 298 g/mol. The van der Waals surface area contributed by atoms with Gasteiger partial charge in [0.25, 0.3) is 0 Å². The van der Waals surface area contributed by atoms with Gasteiger partial charge in [-0.15, -0.1) is 11.3 Å². The van der Waals surface area contributed by atoms with Gasteiger partial charge in [0.2, 0.25) is 0 Å². The van der Waals surface area contributed by atoms with E-state index in [1.165, 1.54) is 0 Å². The molecule has 1 aromatic rings. The Labute approximate surface area is 137 Å². The van der Waals surface area contributed by atoms with Gasteiger partial charge in [-0.1, -0.05) is 20.8 Å². The Balaban J connectivity index is 2.33. The van der Waals surface area contributed by atoms with E-state index in [9.17, 15) is 4.79 Å². The standard InChI is InChI=1S/C16H29N3O2S/c1-11(8-18-14(20)21-16(5,6)7)17-9-12-10-22-13(19-12)15(2,3)4/h10-11,17H,8-9H2,1-7H3,(H,18,20). The molecule has 1 rings (SSSR count). The first-order chi connectivity index (χ1) is 9.97. The summed E-state index contributed by atoms with van der Waals surface area (Å²) in [5.74, 6) is 0. The lowest BCUT2D eigenvalue weighted by molar-refractivity contribution is 0.0523. The van der Waals surface area contributed by atoms with Crippen LogP contribution in [0, 0.1) is 0 Å². The Bertz CT molecular complexity index is 486. The topological polar surface area (TPSA) is 63.2 Å². The third-order valence-electron chi connectivity index (χ3n) is 2.78. The Kier molecular flexibility index (Phi) is 6.38. The van der Waals surface area contributed by atoms with Crippen molar-refractivity contribution in [2.24, 2.45) is 0 Å². The van der Waals surface area contributed by atoms with E-state index >= 15 is 0 Å². The zero-order valence-electron chi connectivity index (χ0n) is 14.7. The van der Waals surface area contributed by atoms with E-state index in [2.05, 4.69) is 41.8 Å². The van der Waals surface area contributed by atoms with Gasteiger partial charge in [-0.2, -0.15) is 0 Å². The largest absolute Gasteiger partial charge is 0.444 e. The van der Waals surface area contributed by atoms with Crippen molar-refractivity contribution in [3.63, 3.8) is 0 Å². The summed E-state index contributed by atoms with van der Waals surface area (Å²) in [6.07, 6.45) is -0.384. The number of carbonyl (C=O) groups is 1. The first-order valence-electron chi connectivity index (χ1n) is 7.62. The molecule has 126 valence electrons. The summed E-state index contributed by atoms with van der Waals surface area (Å²) >= 11 is 1.69. The van der Waals surface area contributed by atoms with Gasteiger partial charge in [-0.25, -0.2) is 9.78 Å². The van der Waals surface area contributed by atoms with Crippen molar-refractivity contribution in [3.8, 4) is 0 Å². The van der Waals surface area contributed by atoms with Crippen LogP contribution in [0.3, 0.4) is 0 Å². The molecule has 0 saturated carbocycles. The Morgan fingerprint density at radius 2 is 1.95 bits per heavy atom. The van der Waals surface area contributed by atoms with Gasteiger partial charge in [0.05, 0.1) is 10.7 Å². The molecule has 5 nitrogen and oxygen atoms in total. The molecule has 0 aliphatic rings. The van der Waals surface area contributed by atoms with E-state index in [1.807, 2.05) is 27.7 Å². The SMILES string of the molecule is CC(CNC(=O)OC(C)(C)C)NCc1csc(C(C)(C)C)n1. The monoisotopic (exact) mass is 327 g/mol. The van der Waals surface area contributed by atoms with Crippen molar-refractivity contribution in [1.29, 1.82) is 0 Å². The highest BCUT2D eigenvalue weighted by Gasteiger charge is 2.18. The van der Waals surface area contributed by atoms with Crippen LogP contribution in [0.2, 0.25) is 0 Å². The summed E-state index contributed by atoms with van der Waals surface area (Å²) in [5.41, 5.74) is 0.663. The fraction of sp³-hybridized carbons (Fsp3) is 0.750. The fourth-order valence-electron chi connectivity index (χ4n) is 1.63. The van der Waals surface area contributed by atoms with Crippen LogP contribution in [0.25, 0.3) is 0 Å². The molecule has 1 heterocycles. The molecule has 0 fully saturated rings. The molecule has 0 aliphatic carbocycles. The molecule has 0 radical (unpaired) electrons. The van der Waals surface area contributed by atoms with E-state index in [0.29, 0.717) is 13.1 Å². The van der Waals surface area contributed by atoms with Gasteiger partial charge in [0, 0.05) is 29.9 Å². The molecular formula is C16H29N3O2S. The molecule has 0 aliphatic heterocycles. The summed E-state index contributed by atoms with van der Waals surface area (Å²) in [6, 6.07) is 0.146. The number of ether oxygens (including phenoxy) is 1. The number of amides is 1. The predicted octanol–water partition coefficient (Wildman–Crippen LogP) is 3.44. The average Bonchev–Trinajstić information content (AvgIpc) is 2.80. The van der Waals surface area contributed by atoms with Gasteiger partial charge in [0.1, 0.15) is 5.60 Å². The second-order valence-electron chi connectivity index (χ2n) is 7.56. The van der Waals surface area contributed by atoms with E-state index in [1.54, 1.807) is 11.3 Å². The maximum atomic E-state index is 11.6. The van der Waals surface area contributed by atoms with Crippen LogP contribution < -0.4 is 10.6 Å². The maximum Gasteiger partial charge on any atom is 0.407 e. The number of nitrogens with one attached hydrogen (secondary N) is 2. The van der Waals surface area contributed by atoms with Gasteiger partial charge in [-0.05, 0) is 27.7 Å². The number of aromatic nitrogens is 1. The van der Waals surface area contributed by atoms with Crippen molar-refractivity contribution in [1.82, 2.24) is 15.6 Å². The summed E-state index contributed by atoms with van der Waals surface area (Å²) in [5, 5.41) is 9.35. The maximum absolute atomic E-state index is 11.6. The highest BCUT2D eigenvalue weighted by Crippen LogP contribution is 2.25. The van der Waals surface area contributed by atoms with E-state index in [0.717, 1.165) is 10.7 Å². The third-order valence-corrected chi connectivity index (χ3v) is 4.09. The van der Waals surface area contributed by atoms with Gasteiger partial charge in [-0.3, -0.25) is 0 Å². The van der Waals surface area contributed by atoms with Crippen LogP contribution in [0.1, 0.15) is 59.2 Å².